The summed E-state index contributed by atoms with van der Waals surface area (Å²) in [4.78, 5) is 0. The summed E-state index contributed by atoms with van der Waals surface area (Å²) in [5.74, 6) is 3.91. The molecule has 120 valence electrons. The minimum atomic E-state index is 0.286. The highest BCUT2D eigenvalue weighted by Gasteiger charge is 2.36. The molecule has 0 aromatic heterocycles. The zero-order valence-corrected chi connectivity index (χ0v) is 16.4. The van der Waals surface area contributed by atoms with Crippen LogP contribution in [-0.4, -0.2) is 6.71 Å². The molecule has 1 rings (SSSR count). The minimum absolute atomic E-state index is 0.286. The molecule has 0 aliphatic heterocycles. The van der Waals surface area contributed by atoms with Crippen LogP contribution in [0.5, 0.6) is 0 Å². The molecule has 1 fully saturated rings. The summed E-state index contributed by atoms with van der Waals surface area (Å²) in [6, 6.07) is 0. The van der Waals surface area contributed by atoms with E-state index in [1.165, 1.54) is 49.3 Å². The maximum absolute atomic E-state index is 3.95. The molecule has 0 spiro atoms. The molecule has 0 saturated heterocycles. The fraction of sp³-hybridized carbons (Fsp3) is 0.789. The van der Waals surface area contributed by atoms with Crippen LogP contribution >= 0.6 is 15.9 Å². The van der Waals surface area contributed by atoms with Crippen LogP contribution in [0.4, 0.5) is 0 Å². The molecule has 0 radical (unpaired) electrons. The van der Waals surface area contributed by atoms with E-state index in [4.69, 9.17) is 0 Å². The van der Waals surface area contributed by atoms with Gasteiger partial charge in [-0.15, -0.1) is 5.98 Å². The zero-order valence-electron chi connectivity index (χ0n) is 14.8. The Hall–Kier alpha value is 0.0249. The molecule has 1 aliphatic carbocycles. The number of rotatable bonds is 7. The largest absolute Gasteiger partial charge is 0.215 e. The lowest BCUT2D eigenvalue weighted by molar-refractivity contribution is 0.419. The van der Waals surface area contributed by atoms with E-state index >= 15 is 0 Å². The van der Waals surface area contributed by atoms with E-state index in [0.29, 0.717) is 12.6 Å². The first kappa shape index (κ1) is 19.1. The van der Waals surface area contributed by atoms with Gasteiger partial charge in [-0.3, -0.25) is 0 Å². The highest BCUT2D eigenvalue weighted by molar-refractivity contribution is 9.12. The third-order valence-electron chi connectivity index (χ3n) is 5.42. The Bertz CT molecular complexity index is 349. The maximum Gasteiger partial charge on any atom is 0.215 e. The van der Waals surface area contributed by atoms with Gasteiger partial charge in [0.2, 0.25) is 6.71 Å². The summed E-state index contributed by atoms with van der Waals surface area (Å²) >= 11 is 3.95. The van der Waals surface area contributed by atoms with E-state index < -0.39 is 0 Å². The smallest absolute Gasteiger partial charge is 0.113 e. The van der Waals surface area contributed by atoms with Gasteiger partial charge in [-0.05, 0) is 40.8 Å². The lowest BCUT2D eigenvalue weighted by Gasteiger charge is -2.35. The molecule has 0 unspecified atom stereocenters. The Balaban J connectivity index is 2.90. The molecule has 0 bridgehead atoms. The molecule has 0 atom stereocenters. The predicted molar refractivity (Wildman–Crippen MR) is 102 cm³/mol. The standard InChI is InChI=1S/C19H34BBr/c1-6-7-11-14-20(19(4,5)16(2)3)18(21)15-17-12-9-8-10-13-17/h11,14-17H,6-10,12-13H2,1-5H3/b14-11+,18-15-. The van der Waals surface area contributed by atoms with Gasteiger partial charge in [-0.2, -0.15) is 0 Å². The highest BCUT2D eigenvalue weighted by Crippen LogP contribution is 2.43. The number of halogens is 1. The number of unbranched alkanes of at least 4 members (excludes halogenated alkanes) is 1. The molecule has 1 aliphatic rings. The molecule has 0 heterocycles. The highest BCUT2D eigenvalue weighted by atomic mass is 79.9. The summed E-state index contributed by atoms with van der Waals surface area (Å²) < 4.78 is 1.42. The van der Waals surface area contributed by atoms with E-state index in [1.54, 1.807) is 0 Å². The van der Waals surface area contributed by atoms with Gasteiger partial charge >= 0.3 is 0 Å². The van der Waals surface area contributed by atoms with Gasteiger partial charge in [0.25, 0.3) is 0 Å². The van der Waals surface area contributed by atoms with E-state index in [-0.39, 0.29) is 5.31 Å². The van der Waals surface area contributed by atoms with Crippen LogP contribution in [-0.2, 0) is 0 Å². The van der Waals surface area contributed by atoms with Crippen LogP contribution in [0.1, 0.15) is 79.6 Å². The topological polar surface area (TPSA) is 0 Å². The van der Waals surface area contributed by atoms with Crippen LogP contribution in [0.3, 0.4) is 0 Å². The van der Waals surface area contributed by atoms with Crippen molar-refractivity contribution in [2.24, 2.45) is 11.8 Å². The van der Waals surface area contributed by atoms with Crippen molar-refractivity contribution in [3.63, 3.8) is 0 Å². The van der Waals surface area contributed by atoms with Crippen molar-refractivity contribution in [2.45, 2.75) is 84.9 Å². The van der Waals surface area contributed by atoms with Gasteiger partial charge in [-0.25, -0.2) is 0 Å². The van der Waals surface area contributed by atoms with Crippen LogP contribution in [0.15, 0.2) is 22.5 Å². The first-order chi connectivity index (χ1) is 9.89. The Morgan fingerprint density at radius 2 is 1.86 bits per heavy atom. The number of hydrogen-bond acceptors (Lipinski definition) is 0. The fourth-order valence-electron chi connectivity index (χ4n) is 3.08. The molecule has 2 heteroatoms. The zero-order chi connectivity index (χ0) is 15.9. The third-order valence-corrected chi connectivity index (χ3v) is 6.17. The Morgan fingerprint density at radius 3 is 2.38 bits per heavy atom. The van der Waals surface area contributed by atoms with Gasteiger partial charge in [0.15, 0.2) is 0 Å². The monoisotopic (exact) mass is 352 g/mol. The van der Waals surface area contributed by atoms with Gasteiger partial charge in [-0.1, -0.05) is 88.4 Å². The summed E-state index contributed by atoms with van der Waals surface area (Å²) in [7, 11) is 0. The van der Waals surface area contributed by atoms with Crippen molar-refractivity contribution < 1.29 is 0 Å². The summed E-state index contributed by atoms with van der Waals surface area (Å²) in [5.41, 5.74) is 0. The van der Waals surface area contributed by atoms with Crippen molar-refractivity contribution in [2.75, 3.05) is 0 Å². The molecule has 0 aromatic carbocycles. The lowest BCUT2D eigenvalue weighted by atomic mass is 9.31. The molecular weight excluding hydrogens is 319 g/mol. The molecule has 0 aromatic rings. The minimum Gasteiger partial charge on any atom is -0.113 e. The second-order valence-corrected chi connectivity index (χ2v) is 8.54. The quantitative estimate of drug-likeness (QED) is 0.424. The van der Waals surface area contributed by atoms with Crippen molar-refractivity contribution in [3.8, 4) is 0 Å². The van der Waals surface area contributed by atoms with Crippen LogP contribution in [0, 0.1) is 11.8 Å². The molecule has 0 nitrogen and oxygen atoms in total. The Morgan fingerprint density at radius 1 is 1.24 bits per heavy atom. The van der Waals surface area contributed by atoms with Gasteiger partial charge in [0.05, 0.1) is 0 Å². The van der Waals surface area contributed by atoms with Gasteiger partial charge < -0.3 is 0 Å². The van der Waals surface area contributed by atoms with E-state index in [9.17, 15) is 0 Å². The maximum atomic E-state index is 3.95. The molecular formula is C19H34BBr. The second-order valence-electron chi connectivity index (χ2n) is 7.62. The van der Waals surface area contributed by atoms with Crippen LogP contribution in [0.2, 0.25) is 5.31 Å². The fourth-order valence-corrected chi connectivity index (χ4v) is 4.20. The molecule has 0 N–H and O–H groups in total. The SMILES string of the molecule is CCC/C=C/B(/C(Br)=C/C1CCCCC1)C(C)(C)C(C)C. The van der Waals surface area contributed by atoms with Crippen LogP contribution < -0.4 is 0 Å². The summed E-state index contributed by atoms with van der Waals surface area (Å²) in [5, 5.41) is 0.286. The first-order valence-electron chi connectivity index (χ1n) is 8.93. The number of allylic oxidation sites excluding steroid dienone is 2. The summed E-state index contributed by atoms with van der Waals surface area (Å²) in [6.07, 6.45) is 14.3. The van der Waals surface area contributed by atoms with Crippen molar-refractivity contribution in [3.05, 3.63) is 22.5 Å². The van der Waals surface area contributed by atoms with Gasteiger partial charge in [0, 0.05) is 0 Å². The van der Waals surface area contributed by atoms with Crippen LogP contribution in [0.25, 0.3) is 0 Å². The summed E-state index contributed by atoms with van der Waals surface area (Å²) in [6.45, 7) is 12.3. The normalized spacial score (nSPS) is 18.7. The van der Waals surface area contributed by atoms with Crippen molar-refractivity contribution in [1.82, 2.24) is 0 Å². The van der Waals surface area contributed by atoms with Crippen molar-refractivity contribution >= 4 is 22.6 Å². The van der Waals surface area contributed by atoms with E-state index in [0.717, 1.165) is 5.92 Å². The lowest BCUT2D eigenvalue weighted by Crippen LogP contribution is -2.32. The number of hydrogen-bond donors (Lipinski definition) is 0. The molecule has 21 heavy (non-hydrogen) atoms. The predicted octanol–water partition coefficient (Wildman–Crippen LogP) is 7.21. The molecule has 0 amide bonds. The third kappa shape index (κ3) is 5.97. The Kier molecular flexibility index (Phi) is 8.38. The Labute approximate surface area is 142 Å². The van der Waals surface area contributed by atoms with E-state index in [1.807, 2.05) is 0 Å². The average Bonchev–Trinajstić information content (AvgIpc) is 2.44. The average molecular weight is 353 g/mol. The second kappa shape index (κ2) is 9.23. The first-order valence-corrected chi connectivity index (χ1v) is 9.72. The van der Waals surface area contributed by atoms with Gasteiger partial charge in [0.1, 0.15) is 0 Å². The van der Waals surface area contributed by atoms with Crippen molar-refractivity contribution in [1.29, 1.82) is 0 Å². The molecule has 1 saturated carbocycles. The van der Waals surface area contributed by atoms with E-state index in [2.05, 4.69) is 68.7 Å².